The first-order valence-electron chi connectivity index (χ1n) is 5.24. The van der Waals surface area contributed by atoms with Crippen LogP contribution in [-0.4, -0.2) is 24.8 Å². The minimum atomic E-state index is 0.635. The fourth-order valence-electron chi connectivity index (χ4n) is 1.82. The average Bonchev–Trinajstić information content (AvgIpc) is 2.70. The number of rotatable bonds is 2. The van der Waals surface area contributed by atoms with Crippen LogP contribution in [0, 0.1) is 0 Å². The Hall–Kier alpha value is -1.65. The van der Waals surface area contributed by atoms with Crippen LogP contribution in [0.1, 0.15) is 30.9 Å². The van der Waals surface area contributed by atoms with E-state index in [0.29, 0.717) is 5.92 Å². The molecule has 0 saturated heterocycles. The van der Waals surface area contributed by atoms with Gasteiger partial charge in [-0.05, 0) is 12.8 Å². The number of aromatic nitrogens is 5. The lowest BCUT2D eigenvalue weighted by Crippen LogP contribution is -2.08. The standard InChI is InChI=1S/C10H13N5/c1-14-6-9(5-11-14)15-7-10(12-13-15)8-3-2-4-8/h5-8H,2-4H2,1H3. The first kappa shape index (κ1) is 8.64. The second kappa shape index (κ2) is 3.18. The third kappa shape index (κ3) is 1.44. The van der Waals surface area contributed by atoms with Crippen molar-refractivity contribution in [2.75, 3.05) is 0 Å². The Balaban J connectivity index is 1.89. The van der Waals surface area contributed by atoms with Crippen LogP contribution >= 0.6 is 0 Å². The summed E-state index contributed by atoms with van der Waals surface area (Å²) in [5.74, 6) is 0.635. The van der Waals surface area contributed by atoms with Gasteiger partial charge >= 0.3 is 0 Å². The van der Waals surface area contributed by atoms with Crippen molar-refractivity contribution in [2.45, 2.75) is 25.2 Å². The normalized spacial score (nSPS) is 16.6. The highest BCUT2D eigenvalue weighted by Crippen LogP contribution is 2.34. The van der Waals surface area contributed by atoms with Gasteiger partial charge in [0.15, 0.2) is 0 Å². The monoisotopic (exact) mass is 203 g/mol. The van der Waals surface area contributed by atoms with Crippen molar-refractivity contribution in [1.82, 2.24) is 24.8 Å². The van der Waals surface area contributed by atoms with Gasteiger partial charge in [0.1, 0.15) is 5.69 Å². The molecule has 5 heteroatoms. The van der Waals surface area contributed by atoms with Crippen molar-refractivity contribution in [1.29, 1.82) is 0 Å². The van der Waals surface area contributed by atoms with Gasteiger partial charge in [0.05, 0.1) is 24.3 Å². The molecule has 2 aromatic rings. The van der Waals surface area contributed by atoms with Crippen LogP contribution < -0.4 is 0 Å². The molecule has 0 unspecified atom stereocenters. The lowest BCUT2D eigenvalue weighted by atomic mass is 9.83. The molecular weight excluding hydrogens is 190 g/mol. The van der Waals surface area contributed by atoms with Crippen LogP contribution in [-0.2, 0) is 7.05 Å². The van der Waals surface area contributed by atoms with Gasteiger partial charge in [0.2, 0.25) is 0 Å². The first-order chi connectivity index (χ1) is 7.33. The van der Waals surface area contributed by atoms with E-state index in [4.69, 9.17) is 0 Å². The molecular formula is C10H13N5. The highest BCUT2D eigenvalue weighted by atomic mass is 15.4. The fraction of sp³-hybridized carbons (Fsp3) is 0.500. The summed E-state index contributed by atoms with van der Waals surface area (Å²) in [6.45, 7) is 0. The van der Waals surface area contributed by atoms with Crippen LogP contribution in [0.25, 0.3) is 5.69 Å². The molecule has 0 aromatic carbocycles. The highest BCUT2D eigenvalue weighted by molar-refractivity contribution is 5.24. The zero-order valence-corrected chi connectivity index (χ0v) is 8.67. The Bertz CT molecular complexity index is 466. The van der Waals surface area contributed by atoms with Crippen LogP contribution in [0.2, 0.25) is 0 Å². The molecule has 0 bridgehead atoms. The van der Waals surface area contributed by atoms with E-state index in [9.17, 15) is 0 Å². The Kier molecular flexibility index (Phi) is 1.83. The van der Waals surface area contributed by atoms with E-state index in [2.05, 4.69) is 15.4 Å². The van der Waals surface area contributed by atoms with E-state index in [0.717, 1.165) is 11.4 Å². The third-order valence-electron chi connectivity index (χ3n) is 2.99. The van der Waals surface area contributed by atoms with Crippen LogP contribution in [0.4, 0.5) is 0 Å². The molecule has 2 aromatic heterocycles. The maximum atomic E-state index is 4.20. The lowest BCUT2D eigenvalue weighted by Gasteiger charge is -2.22. The Morgan fingerprint density at radius 3 is 2.80 bits per heavy atom. The van der Waals surface area contributed by atoms with Crippen LogP contribution in [0.3, 0.4) is 0 Å². The summed E-state index contributed by atoms with van der Waals surface area (Å²) >= 11 is 0. The first-order valence-corrected chi connectivity index (χ1v) is 5.24. The highest BCUT2D eigenvalue weighted by Gasteiger charge is 2.22. The zero-order valence-electron chi connectivity index (χ0n) is 8.67. The lowest BCUT2D eigenvalue weighted by molar-refractivity contribution is 0.410. The maximum absolute atomic E-state index is 4.20. The largest absolute Gasteiger partial charge is 0.274 e. The maximum Gasteiger partial charge on any atom is 0.104 e. The predicted molar refractivity (Wildman–Crippen MR) is 54.7 cm³/mol. The molecule has 1 aliphatic carbocycles. The number of hydrogen-bond donors (Lipinski definition) is 0. The summed E-state index contributed by atoms with van der Waals surface area (Å²) in [6, 6.07) is 0. The van der Waals surface area contributed by atoms with Crippen molar-refractivity contribution < 1.29 is 0 Å². The molecule has 1 fully saturated rings. The van der Waals surface area contributed by atoms with E-state index < -0.39 is 0 Å². The average molecular weight is 203 g/mol. The van der Waals surface area contributed by atoms with E-state index >= 15 is 0 Å². The fourth-order valence-corrected chi connectivity index (χ4v) is 1.82. The third-order valence-corrected chi connectivity index (χ3v) is 2.99. The molecule has 78 valence electrons. The van der Waals surface area contributed by atoms with Gasteiger partial charge in [-0.25, -0.2) is 4.68 Å². The molecule has 0 spiro atoms. The molecule has 15 heavy (non-hydrogen) atoms. The summed E-state index contributed by atoms with van der Waals surface area (Å²) in [5, 5.41) is 12.4. The summed E-state index contributed by atoms with van der Waals surface area (Å²) in [7, 11) is 1.90. The Labute approximate surface area is 87.7 Å². The summed E-state index contributed by atoms with van der Waals surface area (Å²) < 4.78 is 3.56. The van der Waals surface area contributed by atoms with E-state index in [1.807, 2.05) is 19.4 Å². The topological polar surface area (TPSA) is 48.5 Å². The minimum Gasteiger partial charge on any atom is -0.274 e. The van der Waals surface area contributed by atoms with Gasteiger partial charge in [-0.15, -0.1) is 5.10 Å². The van der Waals surface area contributed by atoms with Gasteiger partial charge < -0.3 is 0 Å². The molecule has 0 atom stereocenters. The van der Waals surface area contributed by atoms with Crippen molar-refractivity contribution >= 4 is 0 Å². The number of aryl methyl sites for hydroxylation is 1. The Morgan fingerprint density at radius 1 is 1.33 bits per heavy atom. The summed E-state index contributed by atoms with van der Waals surface area (Å²) in [5.41, 5.74) is 2.08. The number of hydrogen-bond acceptors (Lipinski definition) is 3. The van der Waals surface area contributed by atoms with E-state index in [1.54, 1.807) is 15.6 Å². The minimum absolute atomic E-state index is 0.635. The van der Waals surface area contributed by atoms with Crippen LogP contribution in [0.15, 0.2) is 18.6 Å². The quantitative estimate of drug-likeness (QED) is 0.738. The van der Waals surface area contributed by atoms with Crippen LogP contribution in [0.5, 0.6) is 0 Å². The Morgan fingerprint density at radius 2 is 2.20 bits per heavy atom. The second-order valence-electron chi connectivity index (χ2n) is 4.09. The molecule has 1 saturated carbocycles. The van der Waals surface area contributed by atoms with Gasteiger partial charge in [-0.3, -0.25) is 4.68 Å². The van der Waals surface area contributed by atoms with Gasteiger partial charge in [-0.1, -0.05) is 11.6 Å². The predicted octanol–water partition coefficient (Wildman–Crippen LogP) is 1.27. The second-order valence-corrected chi connectivity index (χ2v) is 4.09. The molecule has 0 radical (unpaired) electrons. The van der Waals surface area contributed by atoms with Gasteiger partial charge in [0.25, 0.3) is 0 Å². The molecule has 0 aliphatic heterocycles. The van der Waals surface area contributed by atoms with Gasteiger partial charge in [-0.2, -0.15) is 5.10 Å². The van der Waals surface area contributed by atoms with Crippen molar-refractivity contribution in [3.63, 3.8) is 0 Å². The molecule has 2 heterocycles. The molecule has 5 nitrogen and oxygen atoms in total. The van der Waals surface area contributed by atoms with Crippen molar-refractivity contribution in [3.8, 4) is 5.69 Å². The molecule has 1 aliphatic rings. The van der Waals surface area contributed by atoms with E-state index in [-0.39, 0.29) is 0 Å². The molecule has 3 rings (SSSR count). The molecule has 0 N–H and O–H groups in total. The van der Waals surface area contributed by atoms with Crippen molar-refractivity contribution in [2.24, 2.45) is 7.05 Å². The smallest absolute Gasteiger partial charge is 0.104 e. The van der Waals surface area contributed by atoms with Crippen molar-refractivity contribution in [3.05, 3.63) is 24.3 Å². The SMILES string of the molecule is Cn1cc(-n2cc(C3CCC3)nn2)cn1. The number of nitrogens with zero attached hydrogens (tertiary/aromatic N) is 5. The molecule has 0 amide bonds. The zero-order chi connectivity index (χ0) is 10.3. The van der Waals surface area contributed by atoms with Gasteiger partial charge in [0, 0.05) is 13.0 Å². The summed E-state index contributed by atoms with van der Waals surface area (Å²) in [4.78, 5) is 0. The summed E-state index contributed by atoms with van der Waals surface area (Å²) in [6.07, 6.45) is 9.57. The van der Waals surface area contributed by atoms with E-state index in [1.165, 1.54) is 19.3 Å².